The highest BCUT2D eigenvalue weighted by Gasteiger charge is 2.28. The molecule has 0 bridgehead atoms. The van der Waals surface area contributed by atoms with Crippen molar-refractivity contribution in [3.05, 3.63) is 23.8 Å². The van der Waals surface area contributed by atoms with Crippen molar-refractivity contribution in [1.82, 2.24) is 0 Å². The number of halogens is 1. The Hall–Kier alpha value is -0.750. The summed E-state index contributed by atoms with van der Waals surface area (Å²) in [5, 5.41) is 0.724. The van der Waals surface area contributed by atoms with E-state index in [1.54, 1.807) is 33.9 Å². The van der Waals surface area contributed by atoms with E-state index in [9.17, 15) is 8.42 Å². The average molecular weight is 365 g/mol. The summed E-state index contributed by atoms with van der Waals surface area (Å²) in [5.41, 5.74) is 1.07. The molecule has 1 rings (SSSR count). The molecule has 0 amide bonds. The van der Waals surface area contributed by atoms with Crippen molar-refractivity contribution in [2.75, 3.05) is 19.5 Å². The zero-order valence-corrected chi connectivity index (χ0v) is 14.7. The second-order valence-electron chi connectivity index (χ2n) is 5.40. The van der Waals surface area contributed by atoms with E-state index in [1.807, 2.05) is 12.1 Å². The van der Waals surface area contributed by atoms with Crippen LogP contribution in [0.4, 0.5) is 0 Å². The van der Waals surface area contributed by atoms with Gasteiger partial charge in [-0.2, -0.15) is 0 Å². The van der Waals surface area contributed by atoms with Crippen molar-refractivity contribution in [1.29, 1.82) is 0 Å². The molecular weight excluding hydrogens is 344 g/mol. The fourth-order valence-electron chi connectivity index (χ4n) is 1.48. The maximum absolute atomic E-state index is 12.0. The van der Waals surface area contributed by atoms with E-state index >= 15 is 0 Å². The molecule has 0 heterocycles. The third-order valence-corrected chi connectivity index (χ3v) is 6.14. The van der Waals surface area contributed by atoms with Gasteiger partial charge in [-0.25, -0.2) is 8.42 Å². The van der Waals surface area contributed by atoms with E-state index < -0.39 is 14.6 Å². The first kappa shape index (κ1) is 17.3. The predicted octanol–water partition coefficient (Wildman–Crippen LogP) is 3.18. The highest BCUT2D eigenvalue weighted by atomic mass is 79.9. The first-order valence-electron chi connectivity index (χ1n) is 6.29. The minimum absolute atomic E-state index is 0.0140. The molecule has 0 saturated heterocycles. The Kier molecular flexibility index (Phi) is 5.89. The van der Waals surface area contributed by atoms with Crippen LogP contribution in [0.25, 0.3) is 0 Å². The molecule has 0 aromatic heterocycles. The van der Waals surface area contributed by atoms with Crippen molar-refractivity contribution in [3.8, 4) is 11.5 Å². The highest BCUT2D eigenvalue weighted by molar-refractivity contribution is 9.08. The lowest BCUT2D eigenvalue weighted by Gasteiger charge is -2.19. The number of hydrogen-bond donors (Lipinski definition) is 0. The second kappa shape index (κ2) is 6.80. The Balaban J connectivity index is 2.72. The van der Waals surface area contributed by atoms with Gasteiger partial charge in [-0.15, -0.1) is 0 Å². The molecule has 0 unspecified atom stereocenters. The molecule has 0 atom stereocenters. The van der Waals surface area contributed by atoms with Crippen LogP contribution in [0.5, 0.6) is 11.5 Å². The highest BCUT2D eigenvalue weighted by Crippen LogP contribution is 2.29. The van der Waals surface area contributed by atoms with Crippen molar-refractivity contribution >= 4 is 25.8 Å². The maximum Gasteiger partial charge on any atom is 0.161 e. The van der Waals surface area contributed by atoms with E-state index in [1.165, 1.54) is 0 Å². The molecule has 0 spiro atoms. The predicted molar refractivity (Wildman–Crippen MR) is 84.7 cm³/mol. The van der Waals surface area contributed by atoms with Crippen LogP contribution in [0.2, 0.25) is 0 Å². The molecule has 1 aromatic carbocycles. The summed E-state index contributed by atoms with van der Waals surface area (Å²) in [7, 11) is -1.61. The molecular formula is C14H21BrO4S. The van der Waals surface area contributed by atoms with Crippen molar-refractivity contribution in [2.24, 2.45) is 0 Å². The largest absolute Gasteiger partial charge is 0.493 e. The number of ether oxygens (including phenoxy) is 2. The number of methoxy groups -OCH3 is 1. The Labute approximate surface area is 129 Å². The summed E-state index contributed by atoms with van der Waals surface area (Å²) in [6.45, 7) is 5.18. The molecule has 20 heavy (non-hydrogen) atoms. The van der Waals surface area contributed by atoms with Gasteiger partial charge in [-0.05, 0) is 38.5 Å². The molecule has 114 valence electrons. The van der Waals surface area contributed by atoms with Gasteiger partial charge in [0.25, 0.3) is 0 Å². The van der Waals surface area contributed by atoms with Crippen LogP contribution in [0.15, 0.2) is 18.2 Å². The Bertz CT molecular complexity index is 547. The summed E-state index contributed by atoms with van der Waals surface area (Å²) in [6, 6.07) is 5.56. The first-order valence-corrected chi connectivity index (χ1v) is 9.06. The maximum atomic E-state index is 12.0. The van der Waals surface area contributed by atoms with Gasteiger partial charge in [-0.3, -0.25) is 0 Å². The normalized spacial score (nSPS) is 12.2. The molecule has 0 fully saturated rings. The lowest BCUT2D eigenvalue weighted by molar-refractivity contribution is 0.311. The van der Waals surface area contributed by atoms with Gasteiger partial charge in [0.15, 0.2) is 21.3 Å². The fraction of sp³-hybridized carbons (Fsp3) is 0.571. The zero-order valence-electron chi connectivity index (χ0n) is 12.3. The van der Waals surface area contributed by atoms with Crippen molar-refractivity contribution in [2.45, 2.75) is 30.8 Å². The topological polar surface area (TPSA) is 52.6 Å². The molecule has 4 nitrogen and oxygen atoms in total. The van der Waals surface area contributed by atoms with Crippen LogP contribution in [-0.2, 0) is 15.2 Å². The summed E-state index contributed by atoms with van der Waals surface area (Å²) < 4.78 is 34.0. The van der Waals surface area contributed by atoms with Crippen LogP contribution in [0.3, 0.4) is 0 Å². The summed E-state index contributed by atoms with van der Waals surface area (Å²) in [5.74, 6) is 1.15. The van der Waals surface area contributed by atoms with Crippen LogP contribution in [-0.4, -0.2) is 32.6 Å². The number of hydrogen-bond acceptors (Lipinski definition) is 4. The van der Waals surface area contributed by atoms with Gasteiger partial charge in [0, 0.05) is 5.33 Å². The summed E-state index contributed by atoms with van der Waals surface area (Å²) in [6.07, 6.45) is 0. The molecule has 1 aromatic rings. The lowest BCUT2D eigenvalue weighted by Crippen LogP contribution is -2.32. The lowest BCUT2D eigenvalue weighted by atomic mass is 10.2. The SMILES string of the molecule is COc1cc(CBr)ccc1OCCS(=O)(=O)C(C)(C)C. The molecule has 0 radical (unpaired) electrons. The van der Waals surface area contributed by atoms with Gasteiger partial charge >= 0.3 is 0 Å². The molecule has 0 saturated carbocycles. The zero-order chi connectivity index (χ0) is 15.4. The van der Waals surface area contributed by atoms with E-state index in [2.05, 4.69) is 15.9 Å². The minimum Gasteiger partial charge on any atom is -0.493 e. The fourth-order valence-corrected chi connectivity index (χ4v) is 2.75. The van der Waals surface area contributed by atoms with E-state index in [-0.39, 0.29) is 12.4 Å². The Morgan fingerprint density at radius 2 is 1.85 bits per heavy atom. The van der Waals surface area contributed by atoms with Crippen molar-refractivity contribution in [3.63, 3.8) is 0 Å². The Morgan fingerprint density at radius 3 is 2.35 bits per heavy atom. The molecule has 0 N–H and O–H groups in total. The third kappa shape index (κ3) is 4.38. The minimum atomic E-state index is -3.17. The van der Waals surface area contributed by atoms with Crippen LogP contribution >= 0.6 is 15.9 Å². The van der Waals surface area contributed by atoms with E-state index in [0.717, 1.165) is 10.9 Å². The number of alkyl halides is 1. The smallest absolute Gasteiger partial charge is 0.161 e. The number of sulfone groups is 1. The van der Waals surface area contributed by atoms with Gasteiger partial charge in [0.1, 0.15) is 6.61 Å². The van der Waals surface area contributed by atoms with Gasteiger partial charge < -0.3 is 9.47 Å². The molecule has 0 aliphatic rings. The summed E-state index contributed by atoms with van der Waals surface area (Å²) >= 11 is 3.37. The molecule has 6 heteroatoms. The summed E-state index contributed by atoms with van der Waals surface area (Å²) in [4.78, 5) is 0. The standard InChI is InChI=1S/C14H21BrO4S/c1-14(2,3)20(16,17)8-7-19-12-6-5-11(10-15)9-13(12)18-4/h5-6,9H,7-8,10H2,1-4H3. The quantitative estimate of drug-likeness (QED) is 0.727. The second-order valence-corrected chi connectivity index (χ2v) is 8.82. The van der Waals surface area contributed by atoms with Gasteiger partial charge in [-0.1, -0.05) is 22.0 Å². The van der Waals surface area contributed by atoms with E-state index in [4.69, 9.17) is 9.47 Å². The average Bonchev–Trinajstić information content (AvgIpc) is 2.37. The molecule has 0 aliphatic carbocycles. The van der Waals surface area contributed by atoms with E-state index in [0.29, 0.717) is 11.5 Å². The Morgan fingerprint density at radius 1 is 1.20 bits per heavy atom. The van der Waals surface area contributed by atoms with Gasteiger partial charge in [0.2, 0.25) is 0 Å². The van der Waals surface area contributed by atoms with Crippen molar-refractivity contribution < 1.29 is 17.9 Å². The van der Waals surface area contributed by atoms with Crippen LogP contribution in [0.1, 0.15) is 26.3 Å². The van der Waals surface area contributed by atoms with Crippen LogP contribution < -0.4 is 9.47 Å². The number of benzene rings is 1. The number of rotatable bonds is 6. The molecule has 0 aliphatic heterocycles. The first-order chi connectivity index (χ1) is 9.21. The van der Waals surface area contributed by atoms with Crippen LogP contribution in [0, 0.1) is 0 Å². The monoisotopic (exact) mass is 364 g/mol. The third-order valence-electron chi connectivity index (χ3n) is 2.92. The van der Waals surface area contributed by atoms with Gasteiger partial charge in [0.05, 0.1) is 17.6 Å².